The van der Waals surface area contributed by atoms with Crippen molar-refractivity contribution in [1.29, 1.82) is 0 Å². The van der Waals surface area contributed by atoms with Gasteiger partial charge in [0.15, 0.2) is 0 Å². The molecule has 0 aromatic heterocycles. The summed E-state index contributed by atoms with van der Waals surface area (Å²) in [6.07, 6.45) is 3.71. The number of rotatable bonds is 11. The molecule has 6 nitrogen and oxygen atoms in total. The van der Waals surface area contributed by atoms with Gasteiger partial charge in [-0.15, -0.1) is 0 Å². The van der Waals surface area contributed by atoms with Crippen molar-refractivity contribution in [2.45, 2.75) is 38.5 Å². The molecule has 0 unspecified atom stereocenters. The molecule has 0 aliphatic heterocycles. The number of carbonyl (C=O) groups is 3. The Labute approximate surface area is 165 Å². The number of anilines is 1. The van der Waals surface area contributed by atoms with Gasteiger partial charge < -0.3 is 15.4 Å². The average Bonchev–Trinajstić information content (AvgIpc) is 2.70. The molecule has 0 saturated heterocycles. The van der Waals surface area contributed by atoms with E-state index in [0.29, 0.717) is 24.3 Å². The predicted octanol–water partition coefficient (Wildman–Crippen LogP) is 4.07. The summed E-state index contributed by atoms with van der Waals surface area (Å²) in [5.74, 6) is 0.402. The van der Waals surface area contributed by atoms with Crippen LogP contribution in [0.3, 0.4) is 0 Å². The zero-order chi connectivity index (χ0) is 20.2. The molecule has 2 aromatic carbocycles. The predicted molar refractivity (Wildman–Crippen MR) is 108 cm³/mol. The first-order valence-corrected chi connectivity index (χ1v) is 9.46. The summed E-state index contributed by atoms with van der Waals surface area (Å²) in [6, 6.07) is 16.7. The van der Waals surface area contributed by atoms with Crippen LogP contribution in [0, 0.1) is 0 Å². The smallest absolute Gasteiger partial charge is 0.287 e. The maximum atomic E-state index is 12.1. The van der Waals surface area contributed by atoms with Gasteiger partial charge in [-0.1, -0.05) is 37.1 Å². The topological polar surface area (TPSA) is 84.5 Å². The Morgan fingerprint density at radius 2 is 1.50 bits per heavy atom. The molecule has 0 heterocycles. The van der Waals surface area contributed by atoms with Gasteiger partial charge in [-0.05, 0) is 37.1 Å². The standard InChI is InChI=1S/C22H26N2O4/c1-23-22(27)20(25)14-7-2-3-8-15-21(26)24-17-10-9-13-19(16-17)28-18-11-5-4-6-12-18/h4-6,9-13,16H,2-3,7-8,14-15H2,1H3,(H,23,27)(H,24,26). The van der Waals surface area contributed by atoms with E-state index in [2.05, 4.69) is 10.6 Å². The number of ether oxygens (including phenoxy) is 1. The van der Waals surface area contributed by atoms with Crippen molar-refractivity contribution in [2.24, 2.45) is 0 Å². The highest BCUT2D eigenvalue weighted by atomic mass is 16.5. The minimum absolute atomic E-state index is 0.0571. The molecule has 0 radical (unpaired) electrons. The average molecular weight is 382 g/mol. The fourth-order valence-electron chi connectivity index (χ4n) is 2.66. The summed E-state index contributed by atoms with van der Waals surface area (Å²) in [5, 5.41) is 5.20. The Morgan fingerprint density at radius 1 is 0.821 bits per heavy atom. The number of amides is 2. The lowest BCUT2D eigenvalue weighted by molar-refractivity contribution is -0.137. The second-order valence-electron chi connectivity index (χ2n) is 6.41. The number of hydrogen-bond donors (Lipinski definition) is 2. The molecule has 2 rings (SSSR count). The van der Waals surface area contributed by atoms with E-state index in [1.165, 1.54) is 7.05 Å². The maximum Gasteiger partial charge on any atom is 0.287 e. The number of nitrogens with one attached hydrogen (secondary N) is 2. The normalized spacial score (nSPS) is 10.2. The summed E-state index contributed by atoms with van der Waals surface area (Å²) in [5.41, 5.74) is 0.689. The van der Waals surface area contributed by atoms with Crippen molar-refractivity contribution in [2.75, 3.05) is 12.4 Å². The molecule has 148 valence electrons. The van der Waals surface area contributed by atoms with Crippen molar-refractivity contribution < 1.29 is 19.1 Å². The SMILES string of the molecule is CNC(=O)C(=O)CCCCCCC(=O)Nc1cccc(Oc2ccccc2)c1. The van der Waals surface area contributed by atoms with Gasteiger partial charge in [0.1, 0.15) is 11.5 Å². The molecular weight excluding hydrogens is 356 g/mol. The molecule has 0 atom stereocenters. The van der Waals surface area contributed by atoms with Crippen molar-refractivity contribution >= 4 is 23.3 Å². The lowest BCUT2D eigenvalue weighted by Gasteiger charge is -2.09. The van der Waals surface area contributed by atoms with E-state index in [0.717, 1.165) is 25.0 Å². The van der Waals surface area contributed by atoms with Crippen LogP contribution in [-0.4, -0.2) is 24.6 Å². The Kier molecular flexibility index (Phi) is 8.72. The quantitative estimate of drug-likeness (QED) is 0.453. The van der Waals surface area contributed by atoms with Crippen LogP contribution in [-0.2, 0) is 14.4 Å². The molecule has 6 heteroatoms. The molecule has 0 bridgehead atoms. The largest absolute Gasteiger partial charge is 0.457 e. The fourth-order valence-corrected chi connectivity index (χ4v) is 2.66. The van der Waals surface area contributed by atoms with Crippen molar-refractivity contribution in [3.8, 4) is 11.5 Å². The van der Waals surface area contributed by atoms with E-state index in [-0.39, 0.29) is 12.3 Å². The van der Waals surface area contributed by atoms with Gasteiger partial charge in [-0.3, -0.25) is 14.4 Å². The molecule has 2 N–H and O–H groups in total. The molecule has 0 aliphatic carbocycles. The highest BCUT2D eigenvalue weighted by molar-refractivity contribution is 6.36. The first-order chi connectivity index (χ1) is 13.6. The summed E-state index contributed by atoms with van der Waals surface area (Å²) in [6.45, 7) is 0. The molecule has 28 heavy (non-hydrogen) atoms. The van der Waals surface area contributed by atoms with Crippen LogP contribution >= 0.6 is 0 Å². The molecule has 0 fully saturated rings. The molecule has 2 aromatic rings. The third kappa shape index (κ3) is 7.61. The van der Waals surface area contributed by atoms with Gasteiger partial charge in [-0.25, -0.2) is 0 Å². The van der Waals surface area contributed by atoms with Gasteiger partial charge >= 0.3 is 0 Å². The Bertz CT molecular complexity index is 790. The summed E-state index contributed by atoms with van der Waals surface area (Å²) in [4.78, 5) is 34.6. The van der Waals surface area contributed by atoms with E-state index in [1.54, 1.807) is 6.07 Å². The number of unbranched alkanes of at least 4 members (excludes halogenated alkanes) is 3. The number of Topliss-reactive ketones (excluding diaryl/α,β-unsaturated/α-hetero) is 1. The monoisotopic (exact) mass is 382 g/mol. The third-order valence-corrected chi connectivity index (χ3v) is 4.13. The maximum absolute atomic E-state index is 12.1. The Balaban J connectivity index is 1.67. The van der Waals surface area contributed by atoms with Gasteiger partial charge in [0.25, 0.3) is 5.91 Å². The van der Waals surface area contributed by atoms with Gasteiger partial charge in [-0.2, -0.15) is 0 Å². The highest BCUT2D eigenvalue weighted by Gasteiger charge is 2.10. The minimum Gasteiger partial charge on any atom is -0.457 e. The second kappa shape index (κ2) is 11.5. The fraction of sp³-hybridized carbons (Fsp3) is 0.318. The van der Waals surface area contributed by atoms with Crippen molar-refractivity contribution in [3.05, 3.63) is 54.6 Å². The summed E-state index contributed by atoms with van der Waals surface area (Å²) >= 11 is 0. The van der Waals surface area contributed by atoms with Gasteiger partial charge in [0, 0.05) is 31.6 Å². The summed E-state index contributed by atoms with van der Waals surface area (Å²) < 4.78 is 5.76. The number of para-hydroxylation sites is 1. The van der Waals surface area contributed by atoms with E-state index >= 15 is 0 Å². The number of ketones is 1. The number of carbonyl (C=O) groups excluding carboxylic acids is 3. The van der Waals surface area contributed by atoms with Gasteiger partial charge in [0.2, 0.25) is 11.7 Å². The van der Waals surface area contributed by atoms with Crippen molar-refractivity contribution in [1.82, 2.24) is 5.32 Å². The van der Waals surface area contributed by atoms with Gasteiger partial charge in [0.05, 0.1) is 0 Å². The van der Waals surface area contributed by atoms with E-state index < -0.39 is 11.7 Å². The lowest BCUT2D eigenvalue weighted by Crippen LogP contribution is -2.27. The molecule has 0 spiro atoms. The van der Waals surface area contributed by atoms with Crippen LogP contribution in [0.2, 0.25) is 0 Å². The number of likely N-dealkylation sites (N-methyl/N-ethyl adjacent to an activating group) is 1. The first kappa shape index (κ1) is 21.2. The lowest BCUT2D eigenvalue weighted by atomic mass is 10.1. The zero-order valence-corrected chi connectivity index (χ0v) is 16.1. The highest BCUT2D eigenvalue weighted by Crippen LogP contribution is 2.24. The van der Waals surface area contributed by atoms with Crippen molar-refractivity contribution in [3.63, 3.8) is 0 Å². The van der Waals surface area contributed by atoms with E-state index in [1.807, 2.05) is 48.5 Å². The van der Waals surface area contributed by atoms with Crippen LogP contribution < -0.4 is 15.4 Å². The minimum atomic E-state index is -0.544. The molecule has 0 aliphatic rings. The number of benzene rings is 2. The van der Waals surface area contributed by atoms with Crippen LogP contribution in [0.1, 0.15) is 38.5 Å². The molecule has 2 amide bonds. The third-order valence-electron chi connectivity index (χ3n) is 4.13. The zero-order valence-electron chi connectivity index (χ0n) is 16.1. The van der Waals surface area contributed by atoms with E-state index in [9.17, 15) is 14.4 Å². The van der Waals surface area contributed by atoms with Crippen LogP contribution in [0.15, 0.2) is 54.6 Å². The second-order valence-corrected chi connectivity index (χ2v) is 6.41. The Hall–Kier alpha value is -3.15. The van der Waals surface area contributed by atoms with E-state index in [4.69, 9.17) is 4.74 Å². The first-order valence-electron chi connectivity index (χ1n) is 9.46. The Morgan fingerprint density at radius 3 is 2.21 bits per heavy atom. The summed E-state index contributed by atoms with van der Waals surface area (Å²) in [7, 11) is 1.45. The van der Waals surface area contributed by atoms with Crippen LogP contribution in [0.25, 0.3) is 0 Å². The number of hydrogen-bond acceptors (Lipinski definition) is 4. The van der Waals surface area contributed by atoms with Crippen LogP contribution in [0.5, 0.6) is 11.5 Å². The van der Waals surface area contributed by atoms with Crippen LogP contribution in [0.4, 0.5) is 5.69 Å². The molecular formula is C22H26N2O4. The molecule has 0 saturated carbocycles.